The van der Waals surface area contributed by atoms with Gasteiger partial charge in [-0.1, -0.05) is 48.5 Å². The van der Waals surface area contributed by atoms with Crippen molar-refractivity contribution in [2.24, 2.45) is 5.92 Å². The number of hydrogen-bond acceptors (Lipinski definition) is 5. The average molecular weight is 409 g/mol. The Morgan fingerprint density at radius 1 is 1.00 bits per heavy atom. The second-order valence-corrected chi connectivity index (χ2v) is 6.84. The number of rotatable bonds is 9. The molecule has 0 radical (unpaired) electrons. The molecule has 0 saturated carbocycles. The Bertz CT molecular complexity index is 911. The van der Waals surface area contributed by atoms with Crippen molar-refractivity contribution in [3.63, 3.8) is 0 Å². The zero-order chi connectivity index (χ0) is 22.1. The van der Waals surface area contributed by atoms with Crippen LogP contribution in [0.2, 0.25) is 0 Å². The first-order valence-electron chi connectivity index (χ1n) is 9.35. The van der Waals surface area contributed by atoms with Crippen molar-refractivity contribution in [2.75, 3.05) is 0 Å². The molecule has 2 amide bonds. The first kappa shape index (κ1) is 22.6. The number of carboxylic acid groups (broad SMARTS) is 1. The molecule has 0 aliphatic heterocycles. The second kappa shape index (κ2) is 10.7. The van der Waals surface area contributed by atoms with Crippen LogP contribution in [0.1, 0.15) is 35.3 Å². The lowest BCUT2D eigenvalue weighted by Gasteiger charge is -2.25. The molecule has 2 aromatic carbocycles. The molecule has 30 heavy (non-hydrogen) atoms. The molecule has 0 unspecified atom stereocenters. The number of carbonyl (C=O) groups is 3. The molecule has 0 heterocycles. The Hall–Kier alpha value is -3.70. The second-order valence-electron chi connectivity index (χ2n) is 6.84. The van der Waals surface area contributed by atoms with Gasteiger partial charge in [-0.15, -0.1) is 0 Å². The molecule has 0 aliphatic carbocycles. The van der Waals surface area contributed by atoms with Gasteiger partial charge in [-0.2, -0.15) is 5.26 Å². The van der Waals surface area contributed by atoms with Crippen LogP contribution in [0.3, 0.4) is 0 Å². The normalized spacial score (nSPS) is 14.4. The monoisotopic (exact) mass is 409 g/mol. The summed E-state index contributed by atoms with van der Waals surface area (Å²) < 4.78 is 0. The van der Waals surface area contributed by atoms with E-state index in [9.17, 15) is 24.6 Å². The SMILES string of the molecule is C[C@@H](C#N)C[C@@H](NC(=O)[C@H](O)[C@@H](NC(=O)c1ccccc1)c1ccccc1)C(=O)O. The molecule has 156 valence electrons. The number of aliphatic hydroxyl groups is 1. The highest BCUT2D eigenvalue weighted by molar-refractivity contribution is 5.95. The van der Waals surface area contributed by atoms with E-state index in [4.69, 9.17) is 5.26 Å². The number of benzene rings is 2. The minimum atomic E-state index is -1.75. The van der Waals surface area contributed by atoms with Gasteiger partial charge in [-0.3, -0.25) is 9.59 Å². The van der Waals surface area contributed by atoms with E-state index in [2.05, 4.69) is 10.6 Å². The quantitative estimate of drug-likeness (QED) is 0.496. The van der Waals surface area contributed by atoms with E-state index in [0.717, 1.165) is 0 Å². The Morgan fingerprint density at radius 3 is 2.10 bits per heavy atom. The number of hydrogen-bond donors (Lipinski definition) is 4. The molecule has 0 saturated heterocycles. The van der Waals surface area contributed by atoms with Gasteiger partial charge in [0, 0.05) is 11.5 Å². The van der Waals surface area contributed by atoms with E-state index < -0.39 is 41.9 Å². The summed E-state index contributed by atoms with van der Waals surface area (Å²) in [5.74, 6) is -3.38. The summed E-state index contributed by atoms with van der Waals surface area (Å²) in [5.41, 5.74) is 0.819. The van der Waals surface area contributed by atoms with Crippen molar-refractivity contribution in [2.45, 2.75) is 31.5 Å². The van der Waals surface area contributed by atoms with Crippen molar-refractivity contribution in [1.82, 2.24) is 10.6 Å². The molecule has 2 aromatic rings. The highest BCUT2D eigenvalue weighted by Crippen LogP contribution is 2.19. The molecule has 4 N–H and O–H groups in total. The topological polar surface area (TPSA) is 140 Å². The third-order valence-corrected chi connectivity index (χ3v) is 4.49. The van der Waals surface area contributed by atoms with Crippen molar-refractivity contribution in [3.8, 4) is 6.07 Å². The molecule has 0 aliphatic rings. The third-order valence-electron chi connectivity index (χ3n) is 4.49. The van der Waals surface area contributed by atoms with Gasteiger partial charge >= 0.3 is 5.97 Å². The van der Waals surface area contributed by atoms with Gasteiger partial charge in [0.05, 0.1) is 12.1 Å². The fraction of sp³-hybridized carbons (Fsp3) is 0.273. The number of aliphatic carboxylic acids is 1. The summed E-state index contributed by atoms with van der Waals surface area (Å²) in [7, 11) is 0. The Morgan fingerprint density at radius 2 is 1.57 bits per heavy atom. The smallest absolute Gasteiger partial charge is 0.326 e. The first-order chi connectivity index (χ1) is 14.3. The predicted octanol–water partition coefficient (Wildman–Crippen LogP) is 1.64. The van der Waals surface area contributed by atoms with Crippen LogP contribution in [0.25, 0.3) is 0 Å². The summed E-state index contributed by atoms with van der Waals surface area (Å²) in [5, 5.41) is 33.8. The lowest BCUT2D eigenvalue weighted by atomic mass is 9.98. The number of amides is 2. The molecular weight excluding hydrogens is 386 g/mol. The van der Waals surface area contributed by atoms with E-state index in [1.165, 1.54) is 6.92 Å². The number of nitrogens with one attached hydrogen (secondary N) is 2. The van der Waals surface area contributed by atoms with Crippen LogP contribution < -0.4 is 10.6 Å². The van der Waals surface area contributed by atoms with Gasteiger partial charge in [0.15, 0.2) is 6.10 Å². The number of carboxylic acids is 1. The summed E-state index contributed by atoms with van der Waals surface area (Å²) in [6.07, 6.45) is -1.87. The van der Waals surface area contributed by atoms with Crippen LogP contribution >= 0.6 is 0 Å². The van der Waals surface area contributed by atoms with Gasteiger partial charge in [0.2, 0.25) is 0 Å². The molecule has 0 bridgehead atoms. The standard InChI is InChI=1S/C22H23N3O5/c1-14(13-23)12-17(22(29)30)24-21(28)19(26)18(15-8-4-2-5-9-15)25-20(27)16-10-6-3-7-11-16/h2-11,14,17-19,26H,12H2,1H3,(H,24,28)(H,25,27)(H,29,30)/t14-,17-,18+,19-/m1/s1. The highest BCUT2D eigenvalue weighted by atomic mass is 16.4. The van der Waals surface area contributed by atoms with Gasteiger partial charge < -0.3 is 20.8 Å². The molecule has 2 rings (SSSR count). The first-order valence-corrected chi connectivity index (χ1v) is 9.35. The predicted molar refractivity (Wildman–Crippen MR) is 108 cm³/mol. The zero-order valence-electron chi connectivity index (χ0n) is 16.4. The minimum Gasteiger partial charge on any atom is -0.480 e. The molecule has 4 atom stereocenters. The van der Waals surface area contributed by atoms with Gasteiger partial charge in [-0.25, -0.2) is 4.79 Å². The Balaban J connectivity index is 2.22. The van der Waals surface area contributed by atoms with Crippen LogP contribution in [0.15, 0.2) is 60.7 Å². The lowest BCUT2D eigenvalue weighted by Crippen LogP contribution is -2.50. The molecule has 8 nitrogen and oxygen atoms in total. The number of aliphatic hydroxyl groups excluding tert-OH is 1. The van der Waals surface area contributed by atoms with E-state index in [1.807, 2.05) is 6.07 Å². The summed E-state index contributed by atoms with van der Waals surface area (Å²) >= 11 is 0. The lowest BCUT2D eigenvalue weighted by molar-refractivity contribution is -0.144. The van der Waals surface area contributed by atoms with Gasteiger partial charge in [0.25, 0.3) is 11.8 Å². The highest BCUT2D eigenvalue weighted by Gasteiger charge is 2.32. The van der Waals surface area contributed by atoms with E-state index in [1.54, 1.807) is 60.7 Å². The fourth-order valence-corrected chi connectivity index (χ4v) is 2.86. The number of nitriles is 1. The van der Waals surface area contributed by atoms with Crippen molar-refractivity contribution in [1.29, 1.82) is 5.26 Å². The van der Waals surface area contributed by atoms with Crippen molar-refractivity contribution >= 4 is 17.8 Å². The molecule has 0 spiro atoms. The molecular formula is C22H23N3O5. The molecule has 0 aromatic heterocycles. The largest absolute Gasteiger partial charge is 0.480 e. The maximum atomic E-state index is 12.6. The zero-order valence-corrected chi connectivity index (χ0v) is 16.4. The number of carbonyl (C=O) groups excluding carboxylic acids is 2. The van der Waals surface area contributed by atoms with Crippen molar-refractivity contribution < 1.29 is 24.6 Å². The summed E-state index contributed by atoms with van der Waals surface area (Å²) in [4.78, 5) is 36.6. The maximum absolute atomic E-state index is 12.6. The van der Waals surface area contributed by atoms with Crippen LogP contribution in [-0.4, -0.2) is 40.1 Å². The molecule has 8 heteroatoms. The van der Waals surface area contributed by atoms with Crippen LogP contribution in [-0.2, 0) is 9.59 Å². The van der Waals surface area contributed by atoms with Crippen LogP contribution in [0, 0.1) is 17.2 Å². The van der Waals surface area contributed by atoms with E-state index >= 15 is 0 Å². The van der Waals surface area contributed by atoms with Gasteiger partial charge in [-0.05, 0) is 31.0 Å². The summed E-state index contributed by atoms with van der Waals surface area (Å²) in [6.45, 7) is 1.53. The third kappa shape index (κ3) is 6.15. The van der Waals surface area contributed by atoms with Gasteiger partial charge in [0.1, 0.15) is 6.04 Å². The summed E-state index contributed by atoms with van der Waals surface area (Å²) in [6, 6.07) is 16.2. The minimum absolute atomic E-state index is 0.114. The Labute approximate surface area is 174 Å². The fourth-order valence-electron chi connectivity index (χ4n) is 2.86. The maximum Gasteiger partial charge on any atom is 0.326 e. The Kier molecular flexibility index (Phi) is 8.08. The van der Waals surface area contributed by atoms with Crippen LogP contribution in [0.4, 0.5) is 0 Å². The van der Waals surface area contributed by atoms with Crippen LogP contribution in [0.5, 0.6) is 0 Å². The van der Waals surface area contributed by atoms with E-state index in [0.29, 0.717) is 11.1 Å². The van der Waals surface area contributed by atoms with Crippen molar-refractivity contribution in [3.05, 3.63) is 71.8 Å². The van der Waals surface area contributed by atoms with E-state index in [-0.39, 0.29) is 6.42 Å². The molecule has 0 fully saturated rings. The average Bonchev–Trinajstić information content (AvgIpc) is 2.77. The number of nitrogens with zero attached hydrogens (tertiary/aromatic N) is 1.